The zero-order valence-electron chi connectivity index (χ0n) is 5.02. The average Bonchev–Trinajstić information content (AvgIpc) is 1.81. The third-order valence-electron chi connectivity index (χ3n) is 0.500. The Morgan fingerprint density at radius 3 is 3.00 bits per heavy atom. The molecule has 3 heteroatoms. The predicted octanol–water partition coefficient (Wildman–Crippen LogP) is 0.272. The Labute approximate surface area is 49.4 Å². The minimum absolute atomic E-state index is 0.856. The lowest BCUT2D eigenvalue weighted by Gasteiger charge is -1.94. The Bertz CT molecular complexity index is 77.7. The molecule has 2 N–H and O–H groups in total. The first-order valence-electron chi connectivity index (χ1n) is 2.53. The Balaban J connectivity index is 2.91. The third-order valence-corrected chi connectivity index (χ3v) is 0.500. The molecule has 46 valence electrons. The van der Waals surface area contributed by atoms with E-state index in [2.05, 4.69) is 22.6 Å². The summed E-state index contributed by atoms with van der Waals surface area (Å²) in [6, 6.07) is 0. The van der Waals surface area contributed by atoms with Crippen molar-refractivity contribution in [3.05, 3.63) is 12.7 Å². The lowest BCUT2D eigenvalue weighted by Crippen LogP contribution is -2.25. The molecule has 0 spiro atoms. The van der Waals surface area contributed by atoms with Crippen LogP contribution in [0.4, 0.5) is 0 Å². The summed E-state index contributed by atoms with van der Waals surface area (Å²) in [7, 11) is 0. The molecular weight excluding hydrogens is 102 g/mol. The van der Waals surface area contributed by atoms with Gasteiger partial charge in [-0.25, -0.2) is 11.0 Å². The van der Waals surface area contributed by atoms with E-state index in [1.165, 1.54) is 0 Å². The maximum absolute atomic E-state index is 3.68. The zero-order chi connectivity index (χ0) is 6.24. The number of nitrogens with one attached hydrogen (secondary N) is 2. The Hall–Kier alpha value is -0.830. The summed E-state index contributed by atoms with van der Waals surface area (Å²) in [5.74, 6) is 0. The Morgan fingerprint density at radius 2 is 2.50 bits per heavy atom. The molecule has 0 rings (SSSR count). The second-order valence-electron chi connectivity index (χ2n) is 1.16. The highest BCUT2D eigenvalue weighted by molar-refractivity contribution is 5.69. The smallest absolute Gasteiger partial charge is 0.0477 e. The molecule has 0 radical (unpaired) electrons. The van der Waals surface area contributed by atoms with Crippen LogP contribution in [0.15, 0.2) is 17.8 Å². The fourth-order valence-corrected chi connectivity index (χ4v) is 0.215. The molecule has 0 fully saturated rings. The maximum Gasteiger partial charge on any atom is 0.0477 e. The quantitative estimate of drug-likeness (QED) is 0.312. The van der Waals surface area contributed by atoms with E-state index in [9.17, 15) is 0 Å². The summed E-state index contributed by atoms with van der Waals surface area (Å²) in [5.41, 5.74) is 5.37. The third kappa shape index (κ3) is 5.17. The van der Waals surface area contributed by atoms with Gasteiger partial charge in [-0.3, -0.25) is 0 Å². The minimum atomic E-state index is 0.856. The van der Waals surface area contributed by atoms with Crippen LogP contribution in [0, 0.1) is 0 Å². The van der Waals surface area contributed by atoms with Crippen LogP contribution in [-0.4, -0.2) is 12.8 Å². The molecule has 0 aromatic rings. The van der Waals surface area contributed by atoms with Crippen LogP contribution in [-0.2, 0) is 0 Å². The van der Waals surface area contributed by atoms with E-state index >= 15 is 0 Å². The highest BCUT2D eigenvalue weighted by Gasteiger charge is 1.65. The molecule has 0 bridgehead atoms. The molecule has 3 nitrogen and oxygen atoms in total. The SMILES string of the molecule is C=C/C=N\NNCC. The van der Waals surface area contributed by atoms with Gasteiger partial charge in [0.2, 0.25) is 0 Å². The number of hydrazone groups is 1. The van der Waals surface area contributed by atoms with Crippen LogP contribution >= 0.6 is 0 Å². The van der Waals surface area contributed by atoms with E-state index in [0.29, 0.717) is 0 Å². The molecule has 0 aliphatic heterocycles. The second kappa shape index (κ2) is 6.17. The van der Waals surface area contributed by atoms with Gasteiger partial charge >= 0.3 is 0 Å². The van der Waals surface area contributed by atoms with Gasteiger partial charge in [-0.2, -0.15) is 5.10 Å². The highest BCUT2D eigenvalue weighted by atomic mass is 15.5. The molecular formula is C5H11N3. The summed E-state index contributed by atoms with van der Waals surface area (Å²) < 4.78 is 0. The van der Waals surface area contributed by atoms with E-state index < -0.39 is 0 Å². The van der Waals surface area contributed by atoms with Gasteiger partial charge in [0.15, 0.2) is 0 Å². The number of hydrogen-bond acceptors (Lipinski definition) is 3. The van der Waals surface area contributed by atoms with Gasteiger partial charge in [0.1, 0.15) is 0 Å². The molecule has 0 aliphatic carbocycles. The van der Waals surface area contributed by atoms with Crippen LogP contribution in [0.3, 0.4) is 0 Å². The standard InChI is InChI=1S/C5H11N3/c1-3-5-7-8-6-4-2/h3,5-6,8H,1,4H2,2H3/b7-5-. The molecule has 0 aromatic carbocycles. The van der Waals surface area contributed by atoms with Gasteiger partial charge in [-0.05, 0) is 6.08 Å². The normalized spacial score (nSPS) is 9.62. The van der Waals surface area contributed by atoms with Crippen molar-refractivity contribution in [2.75, 3.05) is 6.54 Å². The van der Waals surface area contributed by atoms with Gasteiger partial charge < -0.3 is 0 Å². The predicted molar refractivity (Wildman–Crippen MR) is 35.5 cm³/mol. The second-order valence-corrected chi connectivity index (χ2v) is 1.16. The number of hydrazine groups is 1. The molecule has 0 saturated heterocycles. The first-order chi connectivity index (χ1) is 3.91. The first-order valence-corrected chi connectivity index (χ1v) is 2.53. The zero-order valence-corrected chi connectivity index (χ0v) is 5.02. The number of allylic oxidation sites excluding steroid dienone is 1. The fraction of sp³-hybridized carbons (Fsp3) is 0.400. The summed E-state index contributed by atoms with van der Waals surface area (Å²) in [5, 5.41) is 3.68. The minimum Gasteiger partial charge on any atom is -0.243 e. The molecule has 0 amide bonds. The molecule has 8 heavy (non-hydrogen) atoms. The van der Waals surface area contributed by atoms with E-state index in [0.717, 1.165) is 6.54 Å². The van der Waals surface area contributed by atoms with Crippen molar-refractivity contribution in [3.8, 4) is 0 Å². The van der Waals surface area contributed by atoms with Gasteiger partial charge in [0.25, 0.3) is 0 Å². The number of hydrogen-bond donors (Lipinski definition) is 2. The molecule has 0 aliphatic rings. The summed E-state index contributed by atoms with van der Waals surface area (Å²) in [4.78, 5) is 0. The van der Waals surface area contributed by atoms with Crippen LogP contribution < -0.4 is 11.0 Å². The summed E-state index contributed by atoms with van der Waals surface area (Å²) >= 11 is 0. The van der Waals surface area contributed by atoms with E-state index in [4.69, 9.17) is 0 Å². The molecule has 0 heterocycles. The molecule has 0 unspecified atom stereocenters. The summed E-state index contributed by atoms with van der Waals surface area (Å²) in [6.45, 7) is 6.28. The Morgan fingerprint density at radius 1 is 1.75 bits per heavy atom. The topological polar surface area (TPSA) is 36.4 Å². The van der Waals surface area contributed by atoms with Crippen LogP contribution in [0.2, 0.25) is 0 Å². The largest absolute Gasteiger partial charge is 0.243 e. The van der Waals surface area contributed by atoms with Crippen LogP contribution in [0.5, 0.6) is 0 Å². The van der Waals surface area contributed by atoms with Crippen LogP contribution in [0.1, 0.15) is 6.92 Å². The van der Waals surface area contributed by atoms with Gasteiger partial charge in [0.05, 0.1) is 0 Å². The molecule has 0 aromatic heterocycles. The van der Waals surface area contributed by atoms with Crippen molar-refractivity contribution in [2.24, 2.45) is 5.10 Å². The monoisotopic (exact) mass is 113 g/mol. The van der Waals surface area contributed by atoms with Crippen molar-refractivity contribution >= 4 is 6.21 Å². The first kappa shape index (κ1) is 7.17. The highest BCUT2D eigenvalue weighted by Crippen LogP contribution is 1.52. The number of nitrogens with zero attached hydrogens (tertiary/aromatic N) is 1. The van der Waals surface area contributed by atoms with Gasteiger partial charge in [-0.1, -0.05) is 13.5 Å². The Kier molecular flexibility index (Phi) is 5.53. The number of rotatable bonds is 4. The molecule has 0 saturated carbocycles. The van der Waals surface area contributed by atoms with E-state index in [-0.39, 0.29) is 0 Å². The molecule has 0 atom stereocenters. The van der Waals surface area contributed by atoms with Gasteiger partial charge in [0, 0.05) is 12.8 Å². The lowest BCUT2D eigenvalue weighted by atomic mass is 10.7. The lowest BCUT2D eigenvalue weighted by molar-refractivity contribution is 0.581. The van der Waals surface area contributed by atoms with Crippen molar-refractivity contribution < 1.29 is 0 Å². The maximum atomic E-state index is 3.68. The average molecular weight is 113 g/mol. The van der Waals surface area contributed by atoms with Crippen molar-refractivity contribution in [2.45, 2.75) is 6.92 Å². The summed E-state index contributed by atoms with van der Waals surface area (Å²) in [6.07, 6.45) is 3.17. The fourth-order valence-electron chi connectivity index (χ4n) is 0.215. The van der Waals surface area contributed by atoms with Gasteiger partial charge in [-0.15, -0.1) is 0 Å². The van der Waals surface area contributed by atoms with Crippen molar-refractivity contribution in [3.63, 3.8) is 0 Å². The van der Waals surface area contributed by atoms with Crippen molar-refractivity contribution in [1.82, 2.24) is 11.0 Å². The van der Waals surface area contributed by atoms with Crippen LogP contribution in [0.25, 0.3) is 0 Å². The van der Waals surface area contributed by atoms with E-state index in [1.54, 1.807) is 12.3 Å². The van der Waals surface area contributed by atoms with E-state index in [1.807, 2.05) is 6.92 Å². The van der Waals surface area contributed by atoms with Crippen molar-refractivity contribution in [1.29, 1.82) is 0 Å².